The number of hydrogen-bond donors (Lipinski definition) is 1. The number of pyridine rings is 1. The molecule has 106 valence electrons. The minimum Gasteiger partial charge on any atom is -0.322 e. The lowest BCUT2D eigenvalue weighted by Crippen LogP contribution is -2.15. The summed E-state index contributed by atoms with van der Waals surface area (Å²) < 4.78 is 0. The van der Waals surface area contributed by atoms with Crippen LogP contribution in [0.25, 0.3) is 10.8 Å². The third-order valence-corrected chi connectivity index (χ3v) is 3.94. The van der Waals surface area contributed by atoms with Gasteiger partial charge in [0.25, 0.3) is 0 Å². The zero-order chi connectivity index (χ0) is 14.7. The molecular formula is C19H20N2. The quantitative estimate of drug-likeness (QED) is 0.781. The van der Waals surface area contributed by atoms with E-state index < -0.39 is 0 Å². The molecule has 0 saturated heterocycles. The standard InChI is InChI=1S/C19H20N2/c1-2-14-7-9-15(10-8-14)13-18(20)19-17-6-4-3-5-16(17)11-12-21-19/h3-12,18H,2,13,20H2,1H3. The third-order valence-electron chi connectivity index (χ3n) is 3.94. The van der Waals surface area contributed by atoms with Gasteiger partial charge in [-0.1, -0.05) is 55.5 Å². The second-order valence-electron chi connectivity index (χ2n) is 5.40. The van der Waals surface area contributed by atoms with Crippen molar-refractivity contribution in [3.8, 4) is 0 Å². The van der Waals surface area contributed by atoms with E-state index in [9.17, 15) is 0 Å². The Hall–Kier alpha value is -2.19. The lowest BCUT2D eigenvalue weighted by Gasteiger charge is -2.14. The minimum atomic E-state index is -0.0800. The highest BCUT2D eigenvalue weighted by Crippen LogP contribution is 2.23. The molecule has 0 spiro atoms. The molecule has 1 atom stereocenters. The number of nitrogens with two attached hydrogens (primary N) is 1. The van der Waals surface area contributed by atoms with E-state index in [0.29, 0.717) is 0 Å². The van der Waals surface area contributed by atoms with Crippen LogP contribution in [0, 0.1) is 0 Å². The average molecular weight is 276 g/mol. The van der Waals surface area contributed by atoms with E-state index in [1.807, 2.05) is 24.4 Å². The molecule has 2 nitrogen and oxygen atoms in total. The highest BCUT2D eigenvalue weighted by Gasteiger charge is 2.12. The summed E-state index contributed by atoms with van der Waals surface area (Å²) >= 11 is 0. The second kappa shape index (κ2) is 6.06. The van der Waals surface area contributed by atoms with Crippen LogP contribution >= 0.6 is 0 Å². The van der Waals surface area contributed by atoms with E-state index >= 15 is 0 Å². The molecule has 0 aliphatic rings. The van der Waals surface area contributed by atoms with E-state index in [0.717, 1.165) is 23.9 Å². The molecule has 0 aliphatic heterocycles. The van der Waals surface area contributed by atoms with Crippen molar-refractivity contribution in [3.05, 3.63) is 77.6 Å². The predicted octanol–water partition coefficient (Wildman–Crippen LogP) is 4.04. The first-order valence-corrected chi connectivity index (χ1v) is 7.45. The van der Waals surface area contributed by atoms with Gasteiger partial charge in [0.2, 0.25) is 0 Å². The van der Waals surface area contributed by atoms with Crippen molar-refractivity contribution in [2.24, 2.45) is 5.73 Å². The molecule has 0 saturated carbocycles. The maximum Gasteiger partial charge on any atom is 0.0652 e. The number of nitrogens with zero attached hydrogens (tertiary/aromatic N) is 1. The first kappa shape index (κ1) is 13.8. The van der Waals surface area contributed by atoms with Crippen molar-refractivity contribution in [3.63, 3.8) is 0 Å². The van der Waals surface area contributed by atoms with Crippen LogP contribution in [-0.2, 0) is 12.8 Å². The molecule has 2 aromatic carbocycles. The summed E-state index contributed by atoms with van der Waals surface area (Å²) in [5.41, 5.74) is 10.00. The van der Waals surface area contributed by atoms with Gasteiger partial charge in [-0.3, -0.25) is 4.98 Å². The highest BCUT2D eigenvalue weighted by molar-refractivity contribution is 5.84. The fraction of sp³-hybridized carbons (Fsp3) is 0.211. The molecule has 3 aromatic rings. The molecule has 2 N–H and O–H groups in total. The molecule has 21 heavy (non-hydrogen) atoms. The van der Waals surface area contributed by atoms with E-state index in [-0.39, 0.29) is 6.04 Å². The van der Waals surface area contributed by atoms with Gasteiger partial charge in [0.05, 0.1) is 11.7 Å². The van der Waals surface area contributed by atoms with Gasteiger partial charge in [-0.2, -0.15) is 0 Å². The molecule has 0 amide bonds. The molecule has 1 aromatic heterocycles. The predicted molar refractivity (Wildman–Crippen MR) is 88.2 cm³/mol. The summed E-state index contributed by atoms with van der Waals surface area (Å²) in [6.07, 6.45) is 3.72. The van der Waals surface area contributed by atoms with Crippen LogP contribution in [0.1, 0.15) is 29.8 Å². The van der Waals surface area contributed by atoms with Crippen molar-refractivity contribution in [1.29, 1.82) is 0 Å². The maximum absolute atomic E-state index is 6.40. The van der Waals surface area contributed by atoms with Crippen LogP contribution in [0.2, 0.25) is 0 Å². The summed E-state index contributed by atoms with van der Waals surface area (Å²) in [4.78, 5) is 4.51. The molecule has 0 bridgehead atoms. The second-order valence-corrected chi connectivity index (χ2v) is 5.40. The van der Waals surface area contributed by atoms with E-state index in [1.54, 1.807) is 0 Å². The van der Waals surface area contributed by atoms with Crippen LogP contribution in [-0.4, -0.2) is 4.98 Å². The number of fused-ring (bicyclic) bond motifs is 1. The van der Waals surface area contributed by atoms with Gasteiger partial charge in [-0.25, -0.2) is 0 Å². The molecule has 3 rings (SSSR count). The normalized spacial score (nSPS) is 12.5. The number of hydrogen-bond acceptors (Lipinski definition) is 2. The zero-order valence-electron chi connectivity index (χ0n) is 12.3. The van der Waals surface area contributed by atoms with Crippen LogP contribution < -0.4 is 5.73 Å². The monoisotopic (exact) mass is 276 g/mol. The lowest BCUT2D eigenvalue weighted by atomic mass is 9.98. The first-order valence-electron chi connectivity index (χ1n) is 7.45. The largest absolute Gasteiger partial charge is 0.322 e. The van der Waals surface area contributed by atoms with E-state index in [4.69, 9.17) is 5.73 Å². The summed E-state index contributed by atoms with van der Waals surface area (Å²) in [6, 6.07) is 18.9. The van der Waals surface area contributed by atoms with Gasteiger partial charge in [0.1, 0.15) is 0 Å². The summed E-state index contributed by atoms with van der Waals surface area (Å²) in [5.74, 6) is 0. The van der Waals surface area contributed by atoms with Gasteiger partial charge < -0.3 is 5.73 Å². The summed E-state index contributed by atoms with van der Waals surface area (Å²) in [7, 11) is 0. The number of benzene rings is 2. The Balaban J connectivity index is 1.88. The Bertz CT molecular complexity index is 727. The minimum absolute atomic E-state index is 0.0800. The van der Waals surface area contributed by atoms with Crippen LogP contribution in [0.4, 0.5) is 0 Å². The molecule has 0 fully saturated rings. The number of aryl methyl sites for hydroxylation is 1. The van der Waals surface area contributed by atoms with E-state index in [1.165, 1.54) is 16.5 Å². The molecule has 0 aliphatic carbocycles. The molecular weight excluding hydrogens is 256 g/mol. The van der Waals surface area contributed by atoms with Gasteiger partial charge in [0, 0.05) is 11.6 Å². The Morgan fingerprint density at radius 2 is 1.67 bits per heavy atom. The van der Waals surface area contributed by atoms with Crippen LogP contribution in [0.3, 0.4) is 0 Å². The summed E-state index contributed by atoms with van der Waals surface area (Å²) in [6.45, 7) is 2.17. The van der Waals surface area contributed by atoms with E-state index in [2.05, 4.69) is 48.3 Å². The molecule has 1 unspecified atom stereocenters. The number of aromatic nitrogens is 1. The summed E-state index contributed by atoms with van der Waals surface area (Å²) in [5, 5.41) is 2.34. The van der Waals surface area contributed by atoms with Gasteiger partial charge in [-0.15, -0.1) is 0 Å². The Morgan fingerprint density at radius 1 is 0.952 bits per heavy atom. The highest BCUT2D eigenvalue weighted by atomic mass is 14.8. The van der Waals surface area contributed by atoms with Gasteiger partial charge in [-0.05, 0) is 35.4 Å². The first-order chi connectivity index (χ1) is 10.3. The maximum atomic E-state index is 6.40. The van der Waals surface area contributed by atoms with Crippen molar-refractivity contribution in [2.75, 3.05) is 0 Å². The SMILES string of the molecule is CCc1ccc(CC(N)c2nccc3ccccc23)cc1. The van der Waals surface area contributed by atoms with Crippen LogP contribution in [0.15, 0.2) is 60.8 Å². The zero-order valence-corrected chi connectivity index (χ0v) is 12.3. The topological polar surface area (TPSA) is 38.9 Å². The smallest absolute Gasteiger partial charge is 0.0652 e. The van der Waals surface area contributed by atoms with Crippen molar-refractivity contribution in [2.45, 2.75) is 25.8 Å². The van der Waals surface area contributed by atoms with Crippen molar-refractivity contribution >= 4 is 10.8 Å². The number of rotatable bonds is 4. The fourth-order valence-corrected chi connectivity index (χ4v) is 2.70. The van der Waals surface area contributed by atoms with Gasteiger partial charge in [0.15, 0.2) is 0 Å². The fourth-order valence-electron chi connectivity index (χ4n) is 2.70. The molecule has 0 radical (unpaired) electrons. The molecule has 1 heterocycles. The third kappa shape index (κ3) is 2.96. The lowest BCUT2D eigenvalue weighted by molar-refractivity contribution is 0.704. The molecule has 2 heteroatoms. The van der Waals surface area contributed by atoms with Crippen molar-refractivity contribution in [1.82, 2.24) is 4.98 Å². The average Bonchev–Trinajstić information content (AvgIpc) is 2.55. The Labute approximate surface area is 125 Å². The van der Waals surface area contributed by atoms with Crippen LogP contribution in [0.5, 0.6) is 0 Å². The Kier molecular flexibility index (Phi) is 3.98. The van der Waals surface area contributed by atoms with Crippen molar-refractivity contribution < 1.29 is 0 Å². The Morgan fingerprint density at radius 3 is 2.43 bits per heavy atom. The van der Waals surface area contributed by atoms with Gasteiger partial charge >= 0.3 is 0 Å².